The maximum Gasteiger partial charge on any atom is 0.410 e. The van der Waals surface area contributed by atoms with E-state index < -0.39 is 5.60 Å². The Kier molecular flexibility index (Phi) is 4.12. The van der Waals surface area contributed by atoms with Crippen molar-refractivity contribution in [3.8, 4) is 0 Å². The first-order valence-electron chi connectivity index (χ1n) is 8.36. The summed E-state index contributed by atoms with van der Waals surface area (Å²) >= 11 is 0. The van der Waals surface area contributed by atoms with Gasteiger partial charge in [0.15, 0.2) is 0 Å². The fourth-order valence-electron chi connectivity index (χ4n) is 3.75. The molecule has 2 saturated heterocycles. The molecule has 0 bridgehead atoms. The predicted molar refractivity (Wildman–Crippen MR) is 83.6 cm³/mol. The Balaban J connectivity index is 1.39. The van der Waals surface area contributed by atoms with Gasteiger partial charge in [-0.25, -0.2) is 4.79 Å². The van der Waals surface area contributed by atoms with E-state index in [0.717, 1.165) is 45.4 Å². The number of carbonyl (C=O) groups excluding carboxylic acids is 1. The molecule has 6 heteroatoms. The lowest BCUT2D eigenvalue weighted by Crippen LogP contribution is -2.66. The molecule has 6 nitrogen and oxygen atoms in total. The van der Waals surface area contributed by atoms with Gasteiger partial charge in [-0.15, -0.1) is 0 Å². The van der Waals surface area contributed by atoms with Crippen LogP contribution < -0.4 is 11.1 Å². The molecule has 2 aliphatic heterocycles. The van der Waals surface area contributed by atoms with Crippen LogP contribution >= 0.6 is 0 Å². The Bertz CT molecular complexity index is 421. The molecule has 1 aliphatic carbocycles. The zero-order valence-corrected chi connectivity index (χ0v) is 13.9. The fourth-order valence-corrected chi connectivity index (χ4v) is 3.75. The number of likely N-dealkylation sites (tertiary alicyclic amines) is 1. The zero-order chi connectivity index (χ0) is 16.0. The van der Waals surface area contributed by atoms with E-state index in [9.17, 15) is 4.79 Å². The van der Waals surface area contributed by atoms with E-state index in [1.807, 2.05) is 20.8 Å². The molecule has 3 rings (SSSR count). The summed E-state index contributed by atoms with van der Waals surface area (Å²) in [6, 6.07) is 0.102. The van der Waals surface area contributed by atoms with Gasteiger partial charge in [-0.05, 0) is 46.6 Å². The van der Waals surface area contributed by atoms with Crippen LogP contribution in [0, 0.1) is 5.41 Å². The summed E-state index contributed by atoms with van der Waals surface area (Å²) in [6.45, 7) is 9.14. The summed E-state index contributed by atoms with van der Waals surface area (Å²) < 4.78 is 11.5. The van der Waals surface area contributed by atoms with Crippen LogP contribution in [0.25, 0.3) is 0 Å². The third-order valence-corrected chi connectivity index (χ3v) is 4.86. The van der Waals surface area contributed by atoms with Gasteiger partial charge in [0.25, 0.3) is 0 Å². The minimum Gasteiger partial charge on any atom is -0.444 e. The molecule has 1 spiro atoms. The second-order valence-corrected chi connectivity index (χ2v) is 8.20. The highest BCUT2D eigenvalue weighted by Gasteiger charge is 2.55. The number of hydrogen-bond donors (Lipinski definition) is 2. The molecule has 2 heterocycles. The Morgan fingerprint density at radius 1 is 1.32 bits per heavy atom. The Morgan fingerprint density at radius 2 is 2.00 bits per heavy atom. The van der Waals surface area contributed by atoms with Crippen LogP contribution in [0.1, 0.15) is 40.0 Å². The Morgan fingerprint density at radius 3 is 2.59 bits per heavy atom. The van der Waals surface area contributed by atoms with Gasteiger partial charge in [0.2, 0.25) is 0 Å². The van der Waals surface area contributed by atoms with Gasteiger partial charge < -0.3 is 25.4 Å². The summed E-state index contributed by atoms with van der Waals surface area (Å²) in [6.07, 6.45) is 3.39. The minimum absolute atomic E-state index is 0.102. The highest BCUT2D eigenvalue weighted by atomic mass is 16.6. The van der Waals surface area contributed by atoms with E-state index in [-0.39, 0.29) is 23.7 Å². The van der Waals surface area contributed by atoms with Crippen molar-refractivity contribution in [2.75, 3.05) is 26.2 Å². The molecule has 3 fully saturated rings. The van der Waals surface area contributed by atoms with Crippen LogP contribution in [0.4, 0.5) is 4.79 Å². The highest BCUT2D eigenvalue weighted by Crippen LogP contribution is 2.50. The molecule has 0 aromatic carbocycles. The number of ether oxygens (including phenoxy) is 2. The van der Waals surface area contributed by atoms with Crippen molar-refractivity contribution >= 4 is 6.09 Å². The molecule has 2 atom stereocenters. The topological polar surface area (TPSA) is 76.8 Å². The van der Waals surface area contributed by atoms with E-state index in [0.29, 0.717) is 6.10 Å². The average molecular weight is 311 g/mol. The standard InChI is InChI=1S/C16H29N3O3/c1-15(2,3)22-14(20)19-9-16(10-19)6-11(7-16)21-13-4-5-18-8-12(13)17/h11-13,18H,4-10,17H2,1-3H3. The number of nitrogens with two attached hydrogens (primary N) is 1. The summed E-state index contributed by atoms with van der Waals surface area (Å²) in [5.74, 6) is 0. The molecule has 126 valence electrons. The van der Waals surface area contributed by atoms with Crippen molar-refractivity contribution in [1.29, 1.82) is 0 Å². The van der Waals surface area contributed by atoms with Crippen LogP contribution in [0.3, 0.4) is 0 Å². The number of rotatable bonds is 2. The van der Waals surface area contributed by atoms with E-state index in [2.05, 4.69) is 5.32 Å². The van der Waals surface area contributed by atoms with Gasteiger partial charge >= 0.3 is 6.09 Å². The minimum atomic E-state index is -0.420. The van der Waals surface area contributed by atoms with Crippen LogP contribution in [-0.4, -0.2) is 61.0 Å². The second-order valence-electron chi connectivity index (χ2n) is 8.20. The smallest absolute Gasteiger partial charge is 0.410 e. The summed E-state index contributed by atoms with van der Waals surface area (Å²) in [5.41, 5.74) is 5.94. The fraction of sp³-hybridized carbons (Fsp3) is 0.938. The number of nitrogens with one attached hydrogen (secondary N) is 1. The molecule has 3 N–H and O–H groups in total. The molecule has 3 aliphatic rings. The van der Waals surface area contributed by atoms with Crippen molar-refractivity contribution in [3.05, 3.63) is 0 Å². The van der Waals surface area contributed by atoms with Crippen molar-refractivity contribution in [1.82, 2.24) is 10.2 Å². The first-order chi connectivity index (χ1) is 10.3. The first kappa shape index (κ1) is 16.0. The third kappa shape index (κ3) is 3.39. The molecule has 0 aromatic rings. The lowest BCUT2D eigenvalue weighted by Gasteiger charge is -2.58. The van der Waals surface area contributed by atoms with Gasteiger partial charge in [-0.2, -0.15) is 0 Å². The van der Waals surface area contributed by atoms with Crippen LogP contribution in [0.2, 0.25) is 0 Å². The summed E-state index contributed by atoms with van der Waals surface area (Å²) in [7, 11) is 0. The second kappa shape index (κ2) is 5.65. The largest absolute Gasteiger partial charge is 0.444 e. The van der Waals surface area contributed by atoms with Crippen molar-refractivity contribution in [2.24, 2.45) is 11.1 Å². The normalized spacial score (nSPS) is 31.5. The number of piperidine rings is 1. The van der Waals surface area contributed by atoms with Crippen molar-refractivity contribution < 1.29 is 14.3 Å². The predicted octanol–water partition coefficient (Wildman–Crippen LogP) is 1.09. The molecule has 0 aromatic heterocycles. The molecule has 0 radical (unpaired) electrons. The van der Waals surface area contributed by atoms with Gasteiger partial charge in [0, 0.05) is 31.1 Å². The molecule has 22 heavy (non-hydrogen) atoms. The van der Waals surface area contributed by atoms with Crippen LogP contribution in [0.5, 0.6) is 0 Å². The van der Waals surface area contributed by atoms with Crippen molar-refractivity contribution in [3.63, 3.8) is 0 Å². The van der Waals surface area contributed by atoms with Gasteiger partial charge in [0.1, 0.15) is 5.60 Å². The lowest BCUT2D eigenvalue weighted by molar-refractivity contribution is -0.170. The van der Waals surface area contributed by atoms with E-state index >= 15 is 0 Å². The quantitative estimate of drug-likeness (QED) is 0.798. The first-order valence-corrected chi connectivity index (χ1v) is 8.36. The number of carbonyl (C=O) groups is 1. The Hall–Kier alpha value is -0.850. The molecular formula is C16H29N3O3. The summed E-state index contributed by atoms with van der Waals surface area (Å²) in [4.78, 5) is 13.8. The number of hydrogen-bond acceptors (Lipinski definition) is 5. The van der Waals surface area contributed by atoms with Crippen LogP contribution in [0.15, 0.2) is 0 Å². The Labute approximate surface area is 132 Å². The maximum atomic E-state index is 12.0. The zero-order valence-electron chi connectivity index (χ0n) is 13.9. The summed E-state index contributed by atoms with van der Waals surface area (Å²) in [5, 5.41) is 3.29. The maximum absolute atomic E-state index is 12.0. The molecule has 1 saturated carbocycles. The van der Waals surface area contributed by atoms with E-state index in [4.69, 9.17) is 15.2 Å². The third-order valence-electron chi connectivity index (χ3n) is 4.86. The molecule has 2 unspecified atom stereocenters. The van der Waals surface area contributed by atoms with E-state index in [1.54, 1.807) is 4.90 Å². The molecular weight excluding hydrogens is 282 g/mol. The average Bonchev–Trinajstić information content (AvgIpc) is 2.30. The van der Waals surface area contributed by atoms with E-state index in [1.165, 1.54) is 0 Å². The SMILES string of the molecule is CC(C)(C)OC(=O)N1CC2(CC(OC3CCNCC3N)C2)C1. The highest BCUT2D eigenvalue weighted by molar-refractivity contribution is 5.69. The lowest BCUT2D eigenvalue weighted by atomic mass is 9.62. The van der Waals surface area contributed by atoms with Gasteiger partial charge in [-0.3, -0.25) is 0 Å². The monoisotopic (exact) mass is 311 g/mol. The van der Waals surface area contributed by atoms with Crippen LogP contribution in [-0.2, 0) is 9.47 Å². The number of amides is 1. The number of nitrogens with zero attached hydrogens (tertiary/aromatic N) is 1. The molecule has 1 amide bonds. The van der Waals surface area contributed by atoms with Gasteiger partial charge in [-0.1, -0.05) is 0 Å². The van der Waals surface area contributed by atoms with Crippen molar-refractivity contribution in [2.45, 2.75) is 63.9 Å². The van der Waals surface area contributed by atoms with Gasteiger partial charge in [0.05, 0.1) is 12.2 Å².